The van der Waals surface area contributed by atoms with Crippen molar-refractivity contribution >= 4 is 11.9 Å². The minimum atomic E-state index is 0.358. The summed E-state index contributed by atoms with van der Waals surface area (Å²) < 4.78 is 0. The van der Waals surface area contributed by atoms with Crippen molar-refractivity contribution in [1.82, 2.24) is 9.80 Å². The van der Waals surface area contributed by atoms with Gasteiger partial charge in [0.1, 0.15) is 5.75 Å². The Labute approximate surface area is 182 Å². The molecule has 4 heteroatoms. The van der Waals surface area contributed by atoms with E-state index in [0.29, 0.717) is 17.6 Å². The Morgan fingerprint density at radius 1 is 1.00 bits per heavy atom. The fourth-order valence-corrected chi connectivity index (χ4v) is 4.14. The van der Waals surface area contributed by atoms with Crippen LogP contribution in [0.4, 0.5) is 5.69 Å². The van der Waals surface area contributed by atoms with Gasteiger partial charge in [0.2, 0.25) is 0 Å². The van der Waals surface area contributed by atoms with E-state index in [1.165, 1.54) is 11.1 Å². The summed E-state index contributed by atoms with van der Waals surface area (Å²) >= 11 is 0. The lowest BCUT2D eigenvalue weighted by molar-refractivity contribution is 0.147. The number of aromatic hydroxyl groups is 1. The number of rotatable bonds is 6. The van der Waals surface area contributed by atoms with Crippen molar-refractivity contribution in [3.63, 3.8) is 0 Å². The molecule has 1 saturated heterocycles. The Kier molecular flexibility index (Phi) is 7.32. The first-order valence-corrected chi connectivity index (χ1v) is 11.2. The van der Waals surface area contributed by atoms with E-state index in [1.807, 2.05) is 12.3 Å². The second kappa shape index (κ2) is 9.76. The molecule has 3 rings (SSSR count). The molecule has 2 aromatic rings. The number of phenolic OH excluding ortho intramolecular Hbond substituents is 1. The van der Waals surface area contributed by atoms with E-state index in [0.717, 1.165) is 55.1 Å². The fraction of sp³-hybridized carbons (Fsp3) is 0.500. The lowest BCUT2D eigenvalue weighted by Gasteiger charge is -2.32. The van der Waals surface area contributed by atoms with Crippen LogP contribution < -0.4 is 0 Å². The molecule has 0 atom stereocenters. The molecule has 0 aromatic heterocycles. The zero-order valence-electron chi connectivity index (χ0n) is 19.4. The van der Waals surface area contributed by atoms with Gasteiger partial charge in [-0.15, -0.1) is 0 Å². The lowest BCUT2D eigenvalue weighted by Crippen LogP contribution is -2.43. The summed E-state index contributed by atoms with van der Waals surface area (Å²) in [6, 6.07) is 10.6. The minimum absolute atomic E-state index is 0.358. The first-order chi connectivity index (χ1) is 14.3. The van der Waals surface area contributed by atoms with Crippen LogP contribution in [-0.2, 0) is 6.54 Å². The summed E-state index contributed by atoms with van der Waals surface area (Å²) in [6.45, 7) is 15.9. The molecule has 30 heavy (non-hydrogen) atoms. The number of para-hydroxylation sites is 1. The van der Waals surface area contributed by atoms with Crippen LogP contribution in [0, 0.1) is 6.92 Å². The highest BCUT2D eigenvalue weighted by Gasteiger charge is 2.17. The van der Waals surface area contributed by atoms with Crippen molar-refractivity contribution < 1.29 is 5.11 Å². The molecule has 0 saturated carbocycles. The summed E-state index contributed by atoms with van der Waals surface area (Å²) in [4.78, 5) is 9.68. The van der Waals surface area contributed by atoms with Gasteiger partial charge in [0.25, 0.3) is 0 Å². The predicted octanol–water partition coefficient (Wildman–Crippen LogP) is 5.45. The third-order valence-electron chi connectivity index (χ3n) is 6.03. The average molecular weight is 408 g/mol. The van der Waals surface area contributed by atoms with E-state index >= 15 is 0 Å². The molecule has 0 amide bonds. The van der Waals surface area contributed by atoms with Gasteiger partial charge in [-0.05, 0) is 48.6 Å². The average Bonchev–Trinajstić information content (AvgIpc) is 2.70. The number of nitrogens with zero attached hydrogens (tertiary/aromatic N) is 3. The second-order valence-electron chi connectivity index (χ2n) is 9.29. The monoisotopic (exact) mass is 407 g/mol. The van der Waals surface area contributed by atoms with Crippen LogP contribution in [0.15, 0.2) is 35.3 Å². The highest BCUT2D eigenvalue weighted by Crippen LogP contribution is 2.35. The standard InChI is InChI=1S/C26H37N3O/c1-18(2)23-8-7-9-24(19(3)4)25(23)27-16-21-14-20(5)15-22(26(21)30)17-29-12-10-28(6)11-13-29/h7-9,14-16,18-19,30H,10-13,17H2,1-6H3. The predicted molar refractivity (Wildman–Crippen MR) is 127 cm³/mol. The smallest absolute Gasteiger partial charge is 0.128 e. The Morgan fingerprint density at radius 3 is 2.17 bits per heavy atom. The highest BCUT2D eigenvalue weighted by molar-refractivity contribution is 5.87. The maximum absolute atomic E-state index is 11.0. The van der Waals surface area contributed by atoms with Crippen molar-refractivity contribution in [2.45, 2.75) is 53.0 Å². The fourth-order valence-electron chi connectivity index (χ4n) is 4.14. The van der Waals surface area contributed by atoms with Crippen LogP contribution in [0.5, 0.6) is 5.75 Å². The molecule has 0 radical (unpaired) electrons. The summed E-state index contributed by atoms with van der Waals surface area (Å²) in [6.07, 6.45) is 1.85. The number of benzene rings is 2. The lowest BCUT2D eigenvalue weighted by atomic mass is 9.93. The number of aliphatic imine (C=N–C) groups is 1. The van der Waals surface area contributed by atoms with E-state index in [4.69, 9.17) is 4.99 Å². The van der Waals surface area contributed by atoms with Gasteiger partial charge in [0.05, 0.1) is 5.69 Å². The van der Waals surface area contributed by atoms with Crippen molar-refractivity contribution in [2.75, 3.05) is 33.2 Å². The van der Waals surface area contributed by atoms with Crippen LogP contribution in [0.1, 0.15) is 67.3 Å². The number of phenols is 1. The highest BCUT2D eigenvalue weighted by atomic mass is 16.3. The normalized spacial score (nSPS) is 16.3. The van der Waals surface area contributed by atoms with Crippen molar-refractivity contribution in [2.24, 2.45) is 4.99 Å². The molecule has 1 heterocycles. The van der Waals surface area contributed by atoms with E-state index in [9.17, 15) is 5.11 Å². The minimum Gasteiger partial charge on any atom is -0.507 e. The SMILES string of the molecule is Cc1cc(C=Nc2c(C(C)C)cccc2C(C)C)c(O)c(CN2CCN(C)CC2)c1. The number of hydrogen-bond acceptors (Lipinski definition) is 4. The van der Waals surface area contributed by atoms with Crippen LogP contribution in [0.2, 0.25) is 0 Å². The van der Waals surface area contributed by atoms with E-state index in [2.05, 4.69) is 75.7 Å². The van der Waals surface area contributed by atoms with Crippen LogP contribution in [-0.4, -0.2) is 54.3 Å². The molecule has 162 valence electrons. The Bertz CT molecular complexity index is 867. The quantitative estimate of drug-likeness (QED) is 0.648. The van der Waals surface area contributed by atoms with Gasteiger partial charge >= 0.3 is 0 Å². The maximum Gasteiger partial charge on any atom is 0.128 e. The van der Waals surface area contributed by atoms with Crippen LogP contribution in [0.25, 0.3) is 0 Å². The van der Waals surface area contributed by atoms with E-state index in [-0.39, 0.29) is 0 Å². The molecule has 0 spiro atoms. The van der Waals surface area contributed by atoms with Gasteiger partial charge in [-0.3, -0.25) is 9.89 Å². The van der Waals surface area contributed by atoms with Gasteiger partial charge in [-0.2, -0.15) is 0 Å². The molecule has 1 aliphatic rings. The van der Waals surface area contributed by atoms with Gasteiger partial charge in [-0.25, -0.2) is 0 Å². The molecule has 0 aliphatic carbocycles. The summed E-state index contributed by atoms with van der Waals surface area (Å²) in [7, 11) is 2.16. The largest absolute Gasteiger partial charge is 0.507 e. The second-order valence-corrected chi connectivity index (χ2v) is 9.29. The molecule has 1 N–H and O–H groups in total. The molecule has 4 nitrogen and oxygen atoms in total. The third-order valence-corrected chi connectivity index (χ3v) is 6.03. The third kappa shape index (κ3) is 5.30. The van der Waals surface area contributed by atoms with E-state index < -0.39 is 0 Å². The zero-order chi connectivity index (χ0) is 21.8. The number of hydrogen-bond donors (Lipinski definition) is 1. The van der Waals surface area contributed by atoms with Crippen molar-refractivity contribution in [1.29, 1.82) is 0 Å². The Balaban J connectivity index is 1.92. The molecule has 1 aliphatic heterocycles. The van der Waals surface area contributed by atoms with Crippen molar-refractivity contribution in [3.8, 4) is 5.75 Å². The Hall–Kier alpha value is -2.17. The summed E-state index contributed by atoms with van der Waals surface area (Å²) in [5, 5.41) is 11.0. The summed E-state index contributed by atoms with van der Waals surface area (Å²) in [5.41, 5.74) is 6.49. The van der Waals surface area contributed by atoms with Crippen LogP contribution in [0.3, 0.4) is 0 Å². The van der Waals surface area contributed by atoms with Gasteiger partial charge in [0, 0.05) is 50.1 Å². The summed E-state index contributed by atoms with van der Waals surface area (Å²) in [5.74, 6) is 1.15. The Morgan fingerprint density at radius 2 is 1.60 bits per heavy atom. The van der Waals surface area contributed by atoms with Crippen LogP contribution >= 0.6 is 0 Å². The molecule has 0 bridgehead atoms. The molecular weight excluding hydrogens is 370 g/mol. The number of likely N-dealkylation sites (N-methyl/N-ethyl adjacent to an activating group) is 1. The maximum atomic E-state index is 11.0. The van der Waals surface area contributed by atoms with Crippen molar-refractivity contribution in [3.05, 3.63) is 58.1 Å². The van der Waals surface area contributed by atoms with Gasteiger partial charge < -0.3 is 10.0 Å². The van der Waals surface area contributed by atoms with E-state index in [1.54, 1.807) is 0 Å². The first-order valence-electron chi connectivity index (χ1n) is 11.2. The topological polar surface area (TPSA) is 39.1 Å². The number of piperazine rings is 1. The molecule has 2 aromatic carbocycles. The number of aryl methyl sites for hydroxylation is 1. The van der Waals surface area contributed by atoms with Gasteiger partial charge in [0.15, 0.2) is 0 Å². The van der Waals surface area contributed by atoms with Gasteiger partial charge in [-0.1, -0.05) is 52.0 Å². The zero-order valence-corrected chi connectivity index (χ0v) is 19.4. The molecular formula is C26H37N3O. The molecule has 0 unspecified atom stereocenters. The first kappa shape index (κ1) is 22.5. The molecule has 1 fully saturated rings.